The molecule has 8 nitrogen and oxygen atoms in total. The fraction of sp³-hybridized carbons (Fsp3) is 0.273. The van der Waals surface area contributed by atoms with Crippen LogP contribution in [0.1, 0.15) is 0 Å². The van der Waals surface area contributed by atoms with E-state index >= 15 is 0 Å². The molecule has 1 saturated heterocycles. The smallest absolute Gasteiger partial charge is 0.266 e. The fourth-order valence-corrected chi connectivity index (χ4v) is 1.66. The van der Waals surface area contributed by atoms with E-state index in [1.807, 2.05) is 0 Å². The van der Waals surface area contributed by atoms with Crippen LogP contribution in [0.25, 0.3) is 0 Å². The van der Waals surface area contributed by atoms with Gasteiger partial charge in [0.25, 0.3) is 5.91 Å². The maximum Gasteiger partial charge on any atom is 0.266 e. The molecule has 2 rings (SSSR count). The monoisotopic (exact) mass is 266 g/mol. The third kappa shape index (κ3) is 2.80. The summed E-state index contributed by atoms with van der Waals surface area (Å²) >= 11 is 0. The molecule has 0 unspecified atom stereocenters. The van der Waals surface area contributed by atoms with E-state index < -0.39 is 4.92 Å². The summed E-state index contributed by atoms with van der Waals surface area (Å²) in [6.07, 6.45) is 0. The molecule has 1 amide bonds. The summed E-state index contributed by atoms with van der Waals surface area (Å²) in [6, 6.07) is 4.27. The Morgan fingerprint density at radius 3 is 3.00 bits per heavy atom. The Balaban J connectivity index is 2.41. The minimum Gasteiger partial charge on any atom is -0.557 e. The van der Waals surface area contributed by atoms with Crippen LogP contribution in [0.3, 0.4) is 0 Å². The first-order valence-electron chi connectivity index (χ1n) is 5.52. The van der Waals surface area contributed by atoms with Crippen molar-refractivity contribution in [3.63, 3.8) is 0 Å². The van der Waals surface area contributed by atoms with Gasteiger partial charge in [0.1, 0.15) is 0 Å². The van der Waals surface area contributed by atoms with Crippen LogP contribution in [-0.2, 0) is 4.79 Å². The molecule has 19 heavy (non-hydrogen) atoms. The van der Waals surface area contributed by atoms with Crippen LogP contribution in [0.15, 0.2) is 23.2 Å². The Morgan fingerprint density at radius 2 is 2.42 bits per heavy atom. The van der Waals surface area contributed by atoms with Crippen LogP contribution < -0.4 is 10.3 Å². The maximum atomic E-state index is 11.5. The van der Waals surface area contributed by atoms with Crippen LogP contribution in [-0.4, -0.2) is 40.4 Å². The Morgan fingerprint density at radius 1 is 1.63 bits per heavy atom. The third-order valence-corrected chi connectivity index (χ3v) is 2.51. The van der Waals surface area contributed by atoms with Gasteiger partial charge in [0.05, 0.1) is 13.2 Å². The van der Waals surface area contributed by atoms with Crippen LogP contribution in [0.4, 0.5) is 11.4 Å². The van der Waals surface area contributed by atoms with Crippen molar-refractivity contribution in [1.82, 2.24) is 0 Å². The van der Waals surface area contributed by atoms with Gasteiger partial charge in [-0.05, 0) is 0 Å². The van der Waals surface area contributed by atoms with Gasteiger partial charge >= 0.3 is 0 Å². The number of non-ortho nitro benzene ring substituents is 1. The highest BCUT2D eigenvalue weighted by atomic mass is 16.6. The summed E-state index contributed by atoms with van der Waals surface area (Å²) in [4.78, 5) is 27.1. The molecule has 8 heteroatoms. The summed E-state index contributed by atoms with van der Waals surface area (Å²) in [5.41, 5.74) is 0.167. The number of nitro groups is 1. The molecule has 1 fully saturated rings. The normalized spacial score (nSPS) is 16.2. The molecule has 0 radical (unpaired) electrons. The number of hydrogen-bond acceptors (Lipinski definition) is 5. The zero-order valence-corrected chi connectivity index (χ0v) is 9.89. The second-order valence-corrected chi connectivity index (χ2v) is 3.76. The van der Waals surface area contributed by atoms with Crippen molar-refractivity contribution in [2.45, 2.75) is 0 Å². The molecule has 0 bridgehead atoms. The number of hydrogen-bond donors (Lipinski definition) is 1. The molecule has 0 aromatic heterocycles. The van der Waals surface area contributed by atoms with Crippen molar-refractivity contribution in [1.29, 1.82) is 0 Å². The minimum atomic E-state index is -0.572. The summed E-state index contributed by atoms with van der Waals surface area (Å²) in [5.74, 6) is -0.241. The van der Waals surface area contributed by atoms with E-state index in [9.17, 15) is 14.9 Å². The molecule has 0 saturated carbocycles. The molecule has 0 aliphatic carbocycles. The summed E-state index contributed by atoms with van der Waals surface area (Å²) in [5, 5.41) is 19.8. The van der Waals surface area contributed by atoms with Crippen molar-refractivity contribution in [2.75, 3.05) is 24.7 Å². The van der Waals surface area contributed by atoms with E-state index in [0.29, 0.717) is 5.69 Å². The first-order valence-corrected chi connectivity index (χ1v) is 5.52. The number of ether oxygens (including phenoxy) is 1. The molecule has 1 aliphatic heterocycles. The van der Waals surface area contributed by atoms with Gasteiger partial charge in [-0.2, -0.15) is 0 Å². The zero-order chi connectivity index (χ0) is 13.8. The molecule has 0 atom stereocenters. The summed E-state index contributed by atoms with van der Waals surface area (Å²) in [6.45, 7) is 1.29. The Hall–Kier alpha value is -2.19. The first-order chi connectivity index (χ1) is 9.13. The van der Waals surface area contributed by atoms with Gasteiger partial charge in [0.2, 0.25) is 0 Å². The quantitative estimate of drug-likeness (QED) is 0.333. The molecule has 1 aromatic carbocycles. The number of rotatable bonds is 4. The van der Waals surface area contributed by atoms with Crippen molar-refractivity contribution < 1.29 is 19.6 Å². The molecule has 1 aliphatic rings. The number of nitro benzene ring substituents is 1. The zero-order valence-electron chi connectivity index (χ0n) is 9.89. The van der Waals surface area contributed by atoms with E-state index in [1.165, 1.54) is 23.8 Å². The number of carbonyl (C=O) groups excluding carboxylic acids is 1. The number of benzene rings is 1. The second-order valence-electron chi connectivity index (χ2n) is 3.76. The number of nitrogens with zero attached hydrogens (tertiary/aromatic N) is 3. The molecule has 1 aromatic rings. The summed E-state index contributed by atoms with van der Waals surface area (Å²) in [7, 11) is 0. The lowest BCUT2D eigenvalue weighted by atomic mass is 10.2. The van der Waals surface area contributed by atoms with Crippen molar-refractivity contribution >= 4 is 17.3 Å². The topological polar surface area (TPSA) is 109 Å². The van der Waals surface area contributed by atoms with Gasteiger partial charge < -0.3 is 19.7 Å². The van der Waals surface area contributed by atoms with Gasteiger partial charge in [0.15, 0.2) is 12.3 Å². The third-order valence-electron chi connectivity index (χ3n) is 2.51. The van der Waals surface area contributed by atoms with Crippen LogP contribution in [0.2, 0.25) is 0 Å². The van der Waals surface area contributed by atoms with Gasteiger partial charge in [-0.25, -0.2) is 0 Å². The lowest BCUT2D eigenvalue weighted by Gasteiger charge is -2.24. The molecular weight excluding hydrogens is 254 g/mol. The second kappa shape index (κ2) is 5.63. The molecule has 2 N–H and O–H groups in total. The van der Waals surface area contributed by atoms with Gasteiger partial charge in [-0.3, -0.25) is 14.9 Å². The average molecular weight is 266 g/mol. The van der Waals surface area contributed by atoms with E-state index in [4.69, 9.17) is 5.11 Å². The highest BCUT2D eigenvalue weighted by Crippen LogP contribution is 2.21. The number of amides is 1. The Bertz CT molecular complexity index is 566. The van der Waals surface area contributed by atoms with Crippen molar-refractivity contribution in [3.8, 4) is 0 Å². The predicted molar refractivity (Wildman–Crippen MR) is 65.1 cm³/mol. The first kappa shape index (κ1) is 13.2. The molecule has 1 heterocycles. The predicted octanol–water partition coefficient (Wildman–Crippen LogP) is -0.799. The van der Waals surface area contributed by atoms with E-state index in [2.05, 4.69) is 9.73 Å². The maximum absolute atomic E-state index is 11.5. The standard InChI is InChI=1S/C11H12N3O5/c15-4-3-12-9-2-1-8(5-10(9)14(17)18)13-7-19-6-11(13)16/h1-2,5,7,15,19H,3-4,6H2/q-1. The van der Waals surface area contributed by atoms with Crippen molar-refractivity contribution in [2.24, 2.45) is 4.99 Å². The average Bonchev–Trinajstić information content (AvgIpc) is 2.82. The van der Waals surface area contributed by atoms with E-state index in [1.54, 1.807) is 6.07 Å². The lowest BCUT2D eigenvalue weighted by Crippen LogP contribution is -2.23. The van der Waals surface area contributed by atoms with Gasteiger partial charge in [-0.15, -0.1) is 12.1 Å². The highest BCUT2D eigenvalue weighted by Gasteiger charge is 2.16. The SMILES string of the molecule is O=C1C[OH+][CH-]N1c1ccc(=NCCO)[c-]([N+](=O)[O-])c1. The Labute approximate surface area is 108 Å². The minimum absolute atomic E-state index is 0.0461. The van der Waals surface area contributed by atoms with Crippen LogP contribution >= 0.6 is 0 Å². The number of carbonyl (C=O) groups is 1. The van der Waals surface area contributed by atoms with Gasteiger partial charge in [-0.1, -0.05) is 11.8 Å². The van der Waals surface area contributed by atoms with Crippen molar-refractivity contribution in [3.05, 3.63) is 40.4 Å². The van der Waals surface area contributed by atoms with Gasteiger partial charge in [0, 0.05) is 17.0 Å². The lowest BCUT2D eigenvalue weighted by molar-refractivity contribution is -0.386. The Kier molecular flexibility index (Phi) is 3.93. The molecule has 102 valence electrons. The largest absolute Gasteiger partial charge is 0.557 e. The number of aliphatic hydroxyl groups is 3. The van der Waals surface area contributed by atoms with Crippen LogP contribution in [0.5, 0.6) is 0 Å². The fourth-order valence-electron chi connectivity index (χ4n) is 1.66. The molecular formula is C11H12N3O5-. The number of anilines is 1. The van der Waals surface area contributed by atoms with E-state index in [0.717, 1.165) is 0 Å². The highest BCUT2D eigenvalue weighted by molar-refractivity contribution is 5.96. The van der Waals surface area contributed by atoms with Crippen LogP contribution in [0, 0.1) is 16.8 Å². The molecule has 0 spiro atoms. The van der Waals surface area contributed by atoms with E-state index in [-0.39, 0.29) is 36.7 Å². The summed E-state index contributed by atoms with van der Waals surface area (Å²) < 4.78 is 3.79. The number of aliphatic hydroxyl groups excluding tert-OH is 1.